The first-order valence-electron chi connectivity index (χ1n) is 8.07. The third-order valence-electron chi connectivity index (χ3n) is 4.20. The summed E-state index contributed by atoms with van der Waals surface area (Å²) in [6.07, 6.45) is 1.91. The van der Waals surface area contributed by atoms with Crippen LogP contribution in [0.25, 0.3) is 6.08 Å². The molecule has 25 heavy (non-hydrogen) atoms. The van der Waals surface area contributed by atoms with Gasteiger partial charge in [0.15, 0.2) is 0 Å². The summed E-state index contributed by atoms with van der Waals surface area (Å²) in [5.74, 6) is -0.0250. The Balaban J connectivity index is 1.83. The summed E-state index contributed by atoms with van der Waals surface area (Å²) in [5, 5.41) is 0. The van der Waals surface area contributed by atoms with Gasteiger partial charge < -0.3 is 4.90 Å². The number of carbonyl (C=O) groups is 1. The van der Waals surface area contributed by atoms with Crippen molar-refractivity contribution in [3.05, 3.63) is 70.6 Å². The number of thioether (sulfide) groups is 1. The quantitative estimate of drug-likeness (QED) is 0.576. The van der Waals surface area contributed by atoms with Crippen molar-refractivity contribution in [3.8, 4) is 0 Å². The Morgan fingerprint density at radius 2 is 1.72 bits per heavy atom. The van der Waals surface area contributed by atoms with Gasteiger partial charge in [-0.1, -0.05) is 66.4 Å². The topological polar surface area (TPSA) is 23.6 Å². The van der Waals surface area contributed by atoms with Gasteiger partial charge in [-0.2, -0.15) is 0 Å². The molecule has 1 fully saturated rings. The van der Waals surface area contributed by atoms with Gasteiger partial charge >= 0.3 is 0 Å². The average molecular weight is 369 g/mol. The minimum absolute atomic E-state index is 0.0250. The van der Waals surface area contributed by atoms with Crippen molar-refractivity contribution in [2.45, 2.75) is 13.0 Å². The number of thiocarbonyl (C=S) groups is 1. The molecule has 0 N–H and O–H groups in total. The first-order chi connectivity index (χ1) is 12.0. The van der Waals surface area contributed by atoms with E-state index >= 15 is 0 Å². The lowest BCUT2D eigenvalue weighted by molar-refractivity contribution is -0.123. The van der Waals surface area contributed by atoms with Crippen LogP contribution in [0.2, 0.25) is 0 Å². The molecule has 1 amide bonds. The first kappa shape index (κ1) is 17.7. The molecule has 3 nitrogen and oxygen atoms in total. The van der Waals surface area contributed by atoms with Gasteiger partial charge in [0.2, 0.25) is 0 Å². The Kier molecular flexibility index (Phi) is 5.25. The molecule has 0 aromatic heterocycles. The Labute approximate surface area is 158 Å². The summed E-state index contributed by atoms with van der Waals surface area (Å²) in [7, 11) is 4.01. The van der Waals surface area contributed by atoms with Crippen LogP contribution in [0.4, 0.5) is 5.69 Å². The second-order valence-electron chi connectivity index (χ2n) is 6.12. The van der Waals surface area contributed by atoms with Crippen LogP contribution >= 0.6 is 24.0 Å². The number of amides is 1. The zero-order chi connectivity index (χ0) is 18.0. The fourth-order valence-electron chi connectivity index (χ4n) is 2.71. The molecule has 0 bridgehead atoms. The lowest BCUT2D eigenvalue weighted by Crippen LogP contribution is -2.30. The molecule has 1 aliphatic heterocycles. The summed E-state index contributed by atoms with van der Waals surface area (Å²) >= 11 is 6.83. The largest absolute Gasteiger partial charge is 0.378 e. The van der Waals surface area contributed by atoms with E-state index in [0.717, 1.165) is 16.8 Å². The van der Waals surface area contributed by atoms with Crippen LogP contribution in [0.5, 0.6) is 0 Å². The number of carbonyl (C=O) groups excluding carboxylic acids is 1. The molecular weight excluding hydrogens is 348 g/mol. The van der Waals surface area contributed by atoms with Crippen molar-refractivity contribution in [3.63, 3.8) is 0 Å². The van der Waals surface area contributed by atoms with Crippen LogP contribution in [0, 0.1) is 0 Å². The van der Waals surface area contributed by atoms with Gasteiger partial charge in [0.25, 0.3) is 5.91 Å². The molecule has 1 atom stereocenters. The maximum atomic E-state index is 12.9. The smallest absolute Gasteiger partial charge is 0.266 e. The third kappa shape index (κ3) is 3.78. The lowest BCUT2D eigenvalue weighted by Gasteiger charge is -2.23. The van der Waals surface area contributed by atoms with E-state index in [-0.39, 0.29) is 11.9 Å². The third-order valence-corrected chi connectivity index (χ3v) is 5.53. The molecule has 1 unspecified atom stereocenters. The SMILES string of the molecule is CC(c1ccccc1)N1C(=O)/C(=C/c2ccc(N(C)C)cc2)SC1=S. The number of nitrogens with zero attached hydrogens (tertiary/aromatic N) is 2. The molecule has 0 radical (unpaired) electrons. The number of hydrogen-bond acceptors (Lipinski definition) is 4. The van der Waals surface area contributed by atoms with Gasteiger partial charge in [0.1, 0.15) is 4.32 Å². The molecule has 0 aliphatic carbocycles. The van der Waals surface area contributed by atoms with Crippen molar-refractivity contribution in [2.24, 2.45) is 0 Å². The number of rotatable bonds is 4. The predicted molar refractivity (Wildman–Crippen MR) is 111 cm³/mol. The Bertz CT molecular complexity index is 813. The van der Waals surface area contributed by atoms with Crippen molar-refractivity contribution in [2.75, 3.05) is 19.0 Å². The highest BCUT2D eigenvalue weighted by atomic mass is 32.2. The fourth-order valence-corrected chi connectivity index (χ4v) is 4.13. The van der Waals surface area contributed by atoms with Gasteiger partial charge in [0, 0.05) is 19.8 Å². The predicted octanol–water partition coefficient (Wildman–Crippen LogP) is 4.72. The van der Waals surface area contributed by atoms with E-state index in [9.17, 15) is 4.79 Å². The molecule has 128 valence electrons. The van der Waals surface area contributed by atoms with Crippen molar-refractivity contribution < 1.29 is 4.79 Å². The highest BCUT2D eigenvalue weighted by Gasteiger charge is 2.35. The van der Waals surface area contributed by atoms with Crippen LogP contribution in [-0.2, 0) is 4.79 Å². The average Bonchev–Trinajstić information content (AvgIpc) is 2.89. The summed E-state index contributed by atoms with van der Waals surface area (Å²) in [6.45, 7) is 2.01. The monoisotopic (exact) mass is 368 g/mol. The van der Waals surface area contributed by atoms with Crippen LogP contribution in [-0.4, -0.2) is 29.2 Å². The molecule has 1 aliphatic rings. The van der Waals surface area contributed by atoms with Crippen molar-refractivity contribution in [1.29, 1.82) is 0 Å². The van der Waals surface area contributed by atoms with Crippen molar-refractivity contribution >= 4 is 46.0 Å². The van der Waals surface area contributed by atoms with E-state index in [1.54, 1.807) is 4.90 Å². The molecule has 2 aromatic carbocycles. The summed E-state index contributed by atoms with van der Waals surface area (Å²) < 4.78 is 0.609. The second-order valence-corrected chi connectivity index (χ2v) is 7.80. The molecule has 3 rings (SSSR count). The molecule has 1 heterocycles. The summed E-state index contributed by atoms with van der Waals surface area (Å²) in [6, 6.07) is 18.0. The van der Waals surface area contributed by atoms with E-state index in [1.807, 2.05) is 86.6 Å². The number of hydrogen-bond donors (Lipinski definition) is 0. The second kappa shape index (κ2) is 7.42. The van der Waals surface area contributed by atoms with Crippen LogP contribution in [0.1, 0.15) is 24.1 Å². The van der Waals surface area contributed by atoms with E-state index in [2.05, 4.69) is 0 Å². The van der Waals surface area contributed by atoms with E-state index in [1.165, 1.54) is 11.8 Å². The Morgan fingerprint density at radius 1 is 1.08 bits per heavy atom. The normalized spacial score (nSPS) is 17.2. The van der Waals surface area contributed by atoms with Crippen LogP contribution in [0.3, 0.4) is 0 Å². The van der Waals surface area contributed by atoms with Crippen LogP contribution < -0.4 is 4.90 Å². The Hall–Kier alpha value is -2.11. The molecule has 5 heteroatoms. The van der Waals surface area contributed by atoms with Gasteiger partial charge in [0.05, 0.1) is 10.9 Å². The van der Waals surface area contributed by atoms with E-state index in [0.29, 0.717) is 9.23 Å². The zero-order valence-electron chi connectivity index (χ0n) is 14.5. The fraction of sp³-hybridized carbons (Fsp3) is 0.200. The molecule has 0 saturated carbocycles. The molecule has 1 saturated heterocycles. The number of benzene rings is 2. The Morgan fingerprint density at radius 3 is 2.32 bits per heavy atom. The van der Waals surface area contributed by atoms with Crippen molar-refractivity contribution in [1.82, 2.24) is 4.90 Å². The molecule has 2 aromatic rings. The zero-order valence-corrected chi connectivity index (χ0v) is 16.1. The van der Waals surface area contributed by atoms with E-state index < -0.39 is 0 Å². The first-order valence-corrected chi connectivity index (χ1v) is 9.29. The van der Waals surface area contributed by atoms with E-state index in [4.69, 9.17) is 12.2 Å². The van der Waals surface area contributed by atoms with Gasteiger partial charge in [-0.25, -0.2) is 0 Å². The molecular formula is C20H20N2OS2. The van der Waals surface area contributed by atoms with Gasteiger partial charge in [-0.3, -0.25) is 9.69 Å². The lowest BCUT2D eigenvalue weighted by atomic mass is 10.1. The van der Waals surface area contributed by atoms with Gasteiger partial charge in [-0.15, -0.1) is 0 Å². The summed E-state index contributed by atoms with van der Waals surface area (Å²) in [5.41, 5.74) is 3.20. The highest BCUT2D eigenvalue weighted by molar-refractivity contribution is 8.26. The minimum Gasteiger partial charge on any atom is -0.378 e. The maximum Gasteiger partial charge on any atom is 0.266 e. The maximum absolute atomic E-state index is 12.9. The highest BCUT2D eigenvalue weighted by Crippen LogP contribution is 2.38. The number of anilines is 1. The van der Waals surface area contributed by atoms with Gasteiger partial charge in [-0.05, 0) is 36.3 Å². The summed E-state index contributed by atoms with van der Waals surface area (Å²) in [4.78, 5) is 17.3. The minimum atomic E-state index is -0.0734. The van der Waals surface area contributed by atoms with Crippen LogP contribution in [0.15, 0.2) is 59.5 Å². The molecule has 0 spiro atoms. The standard InChI is InChI=1S/C20H20N2OS2/c1-14(16-7-5-4-6-8-16)22-19(23)18(25-20(22)24)13-15-9-11-17(12-10-15)21(2)3/h4-14H,1-3H3/b18-13-.